The van der Waals surface area contributed by atoms with Crippen LogP contribution >= 0.6 is 0 Å². The average Bonchev–Trinajstić information content (AvgIpc) is 2.36. The van der Waals surface area contributed by atoms with Crippen molar-refractivity contribution in [2.75, 3.05) is 6.26 Å². The highest BCUT2D eigenvalue weighted by molar-refractivity contribution is 8.69. The first-order valence-electron chi connectivity index (χ1n) is 5.50. The molecule has 0 saturated carbocycles. The van der Waals surface area contributed by atoms with Gasteiger partial charge in [0.05, 0.1) is 0 Å². The predicted molar refractivity (Wildman–Crippen MR) is 74.2 cm³/mol. The van der Waals surface area contributed by atoms with Crippen LogP contribution in [0.3, 0.4) is 0 Å². The zero-order valence-corrected chi connectivity index (χ0v) is 14.1. The third-order valence-corrected chi connectivity index (χ3v) is 7.95. The highest BCUT2D eigenvalue weighted by Crippen LogP contribution is 2.30. The lowest BCUT2D eigenvalue weighted by Crippen LogP contribution is -2.31. The van der Waals surface area contributed by atoms with Crippen LogP contribution in [0, 0.1) is 0 Å². The number of halogens is 6. The van der Waals surface area contributed by atoms with Gasteiger partial charge in [-0.15, -0.1) is 0 Å². The van der Waals surface area contributed by atoms with Crippen LogP contribution in [-0.4, -0.2) is 38.7 Å². The Bertz CT molecular complexity index is 724. The van der Waals surface area contributed by atoms with Gasteiger partial charge in [0.15, 0.2) is 10.1 Å². The number of alkyl halides is 6. The van der Waals surface area contributed by atoms with E-state index in [0.29, 0.717) is 5.56 Å². The first-order valence-corrected chi connectivity index (χ1v) is 10.7. The van der Waals surface area contributed by atoms with Gasteiger partial charge in [0.2, 0.25) is 0 Å². The summed E-state index contributed by atoms with van der Waals surface area (Å²) in [6, 6.07) is 8.25. The molecular weight excluding hydrogens is 410 g/mol. The van der Waals surface area contributed by atoms with Crippen LogP contribution in [0.15, 0.2) is 30.3 Å². The Kier molecular flexibility index (Phi) is 7.60. The summed E-state index contributed by atoms with van der Waals surface area (Å²) >= 11 is 0. The van der Waals surface area contributed by atoms with Gasteiger partial charge < -0.3 is 4.55 Å². The number of rotatable bonds is 3. The van der Waals surface area contributed by atoms with E-state index in [0.717, 1.165) is 6.26 Å². The van der Waals surface area contributed by atoms with E-state index in [1.807, 2.05) is 0 Å². The van der Waals surface area contributed by atoms with E-state index in [-0.39, 0.29) is 5.75 Å². The Labute approximate surface area is 136 Å². The lowest BCUT2D eigenvalue weighted by molar-refractivity contribution is -0.0518. The molecule has 0 saturated heterocycles. The van der Waals surface area contributed by atoms with Gasteiger partial charge in [-0.05, 0) is 0 Å². The summed E-state index contributed by atoms with van der Waals surface area (Å²) in [4.78, 5) is 0. The molecule has 14 heteroatoms. The van der Waals surface area contributed by atoms with Crippen molar-refractivity contribution in [3.63, 3.8) is 0 Å². The van der Waals surface area contributed by atoms with Gasteiger partial charge in [-0.1, -0.05) is 30.3 Å². The Hall–Kier alpha value is -0.990. The van der Waals surface area contributed by atoms with Crippen LogP contribution in [0.5, 0.6) is 0 Å². The molecule has 0 fully saturated rings. The van der Waals surface area contributed by atoms with E-state index < -0.39 is 39.9 Å². The van der Waals surface area contributed by atoms with Crippen molar-refractivity contribution in [2.24, 2.45) is 0 Å². The minimum absolute atomic E-state index is 0.108. The van der Waals surface area contributed by atoms with Gasteiger partial charge in [0.25, 0.3) is 0 Å². The molecule has 24 heavy (non-hydrogen) atoms. The molecule has 5 nitrogen and oxygen atoms in total. The third kappa shape index (κ3) is 6.86. The first kappa shape index (κ1) is 23.0. The topological polar surface area (TPSA) is 91.3 Å². The minimum atomic E-state index is -6.09. The summed E-state index contributed by atoms with van der Waals surface area (Å²) in [6.45, 7) is 0. The second-order valence-electron chi connectivity index (χ2n) is 4.00. The monoisotopic (exact) mass is 420 g/mol. The molecule has 1 unspecified atom stereocenters. The zero-order valence-electron chi connectivity index (χ0n) is 11.6. The van der Waals surface area contributed by atoms with Crippen LogP contribution in [0.1, 0.15) is 5.56 Å². The summed E-state index contributed by atoms with van der Waals surface area (Å²) in [5, 5.41) is 0. The maximum Gasteiger partial charge on any atom is 0.543 e. The van der Waals surface area contributed by atoms with E-state index in [4.69, 9.17) is 13.0 Å². The first-order chi connectivity index (χ1) is 10.5. The molecule has 0 heterocycles. The quantitative estimate of drug-likeness (QED) is 0.246. The summed E-state index contributed by atoms with van der Waals surface area (Å²) in [7, 11) is -12.9. The molecule has 140 valence electrons. The Morgan fingerprint density at radius 3 is 1.58 bits per heavy atom. The average molecular weight is 420 g/mol. The van der Waals surface area contributed by atoms with Crippen LogP contribution in [0.2, 0.25) is 0 Å². The fourth-order valence-electron chi connectivity index (χ4n) is 1.05. The molecule has 0 amide bonds. The van der Waals surface area contributed by atoms with Crippen molar-refractivity contribution in [1.82, 2.24) is 0 Å². The van der Waals surface area contributed by atoms with Crippen molar-refractivity contribution in [3.8, 4) is 0 Å². The molecule has 1 aromatic rings. The number of hydrogen-bond acceptors (Lipinski definition) is 5. The van der Waals surface area contributed by atoms with E-state index in [9.17, 15) is 34.8 Å². The normalized spacial score (nSPS) is 14.5. The Morgan fingerprint density at radius 2 is 1.29 bits per heavy atom. The summed E-state index contributed by atoms with van der Waals surface area (Å²) in [5.41, 5.74) is -10.2. The van der Waals surface area contributed by atoms with Crippen LogP contribution < -0.4 is 0 Å². The van der Waals surface area contributed by atoms with Crippen LogP contribution in [0.25, 0.3) is 0 Å². The smallest absolute Gasteiger partial charge is 0.543 e. The second-order valence-corrected chi connectivity index (χ2v) is 11.2. The highest BCUT2D eigenvalue weighted by Gasteiger charge is 2.56. The predicted octanol–water partition coefficient (Wildman–Crippen LogP) is 2.34. The number of benzene rings is 1. The lowest BCUT2D eigenvalue weighted by atomic mass is 10.2. The van der Waals surface area contributed by atoms with E-state index in [1.54, 1.807) is 30.3 Å². The van der Waals surface area contributed by atoms with E-state index >= 15 is 0 Å². The van der Waals surface area contributed by atoms with Gasteiger partial charge in [0.1, 0.15) is 21.9 Å². The molecule has 0 aromatic heterocycles. The minimum Gasteiger partial charge on any atom is -0.741 e. The van der Waals surface area contributed by atoms with Crippen LogP contribution in [0.4, 0.5) is 26.3 Å². The molecule has 1 atom stereocenters. The molecule has 1 rings (SSSR count). The molecule has 0 radical (unpaired) electrons. The van der Waals surface area contributed by atoms with E-state index in [1.165, 1.54) is 0 Å². The zero-order chi connectivity index (χ0) is 19.4. The Morgan fingerprint density at radius 1 is 0.917 bits per heavy atom. The standard InChI is InChI=1S/C9H10F3O2S2.CHF3O3S/c1-15(16(13,14)9(10,11)12)7-8-5-3-2-4-6-8;2-1(3,4)8(5,6)7/h2-6H,7H2,1H3;(H,5,6,7)/q+1;/p-1. The van der Waals surface area contributed by atoms with Gasteiger partial charge in [0, 0.05) is 5.56 Å². The van der Waals surface area contributed by atoms with Crippen molar-refractivity contribution >= 4 is 28.9 Å². The molecular formula is C10H10F6O5S3. The van der Waals surface area contributed by atoms with Gasteiger partial charge in [-0.3, -0.25) is 0 Å². The maximum absolute atomic E-state index is 12.2. The second kappa shape index (κ2) is 7.93. The number of hydrogen-bond donors (Lipinski definition) is 0. The molecule has 0 aliphatic rings. The highest BCUT2D eigenvalue weighted by atomic mass is 33.2. The van der Waals surface area contributed by atoms with Crippen molar-refractivity contribution in [2.45, 2.75) is 16.8 Å². The van der Waals surface area contributed by atoms with Gasteiger partial charge in [-0.25, -0.2) is 8.42 Å². The molecule has 0 aliphatic carbocycles. The SMILES string of the molecule is C[S+](Cc1ccccc1)S(=O)(=O)C(F)(F)F.O=S(=O)([O-])C(F)(F)F. The van der Waals surface area contributed by atoms with Crippen LogP contribution in [-0.2, 0) is 34.7 Å². The van der Waals surface area contributed by atoms with Crippen molar-refractivity contribution < 1.29 is 47.7 Å². The van der Waals surface area contributed by atoms with Crippen molar-refractivity contribution in [1.29, 1.82) is 0 Å². The fourth-order valence-corrected chi connectivity index (χ4v) is 4.03. The molecule has 0 aliphatic heterocycles. The molecule has 1 aromatic carbocycles. The summed E-state index contributed by atoms with van der Waals surface area (Å²) in [6.07, 6.45) is 1.09. The fraction of sp³-hybridized carbons (Fsp3) is 0.400. The molecule has 0 N–H and O–H groups in total. The van der Waals surface area contributed by atoms with E-state index in [2.05, 4.69) is 0 Å². The van der Waals surface area contributed by atoms with Gasteiger partial charge >= 0.3 is 19.9 Å². The molecule has 0 spiro atoms. The third-order valence-electron chi connectivity index (χ3n) is 2.15. The van der Waals surface area contributed by atoms with Crippen molar-refractivity contribution in [3.05, 3.63) is 35.9 Å². The summed E-state index contributed by atoms with van der Waals surface area (Å²) in [5.74, 6) is -0.108. The Balaban J connectivity index is 0.000000561. The largest absolute Gasteiger partial charge is 0.741 e. The molecule has 0 bridgehead atoms. The lowest BCUT2D eigenvalue weighted by Gasteiger charge is -2.08. The summed E-state index contributed by atoms with van der Waals surface area (Å²) < 4.78 is 118. The van der Waals surface area contributed by atoms with Gasteiger partial charge in [-0.2, -0.15) is 34.8 Å². The maximum atomic E-state index is 12.2.